The van der Waals surface area contributed by atoms with Crippen LogP contribution in [0.2, 0.25) is 0 Å². The zero-order valence-electron chi connectivity index (χ0n) is 11.7. The van der Waals surface area contributed by atoms with Crippen LogP contribution in [0.4, 0.5) is 0 Å². The Kier molecular flexibility index (Phi) is 5.15. The molecule has 1 fully saturated rings. The molecule has 0 bridgehead atoms. The lowest BCUT2D eigenvalue weighted by atomic mass is 10.1. The van der Waals surface area contributed by atoms with Gasteiger partial charge in [0.05, 0.1) is 17.3 Å². The van der Waals surface area contributed by atoms with E-state index in [0.717, 1.165) is 30.6 Å². The predicted octanol–water partition coefficient (Wildman–Crippen LogP) is 3.13. The van der Waals surface area contributed by atoms with Gasteiger partial charge in [0, 0.05) is 24.6 Å². The highest BCUT2D eigenvalue weighted by molar-refractivity contribution is 7.11. The highest BCUT2D eigenvalue weighted by Gasteiger charge is 2.21. The summed E-state index contributed by atoms with van der Waals surface area (Å²) in [5.41, 5.74) is 1.13. The maximum Gasteiger partial charge on any atom is 0.0932 e. The first-order valence-corrected chi connectivity index (χ1v) is 7.70. The Labute approximate surface area is 114 Å². The molecule has 1 heterocycles. The average molecular weight is 268 g/mol. The molecule has 0 radical (unpaired) electrons. The Morgan fingerprint density at radius 3 is 2.83 bits per heavy atom. The molecule has 1 saturated carbocycles. The van der Waals surface area contributed by atoms with E-state index < -0.39 is 0 Å². The van der Waals surface area contributed by atoms with Crippen LogP contribution < -0.4 is 5.32 Å². The fourth-order valence-electron chi connectivity index (χ4n) is 1.87. The van der Waals surface area contributed by atoms with Crippen molar-refractivity contribution in [3.63, 3.8) is 0 Å². The Hall–Kier alpha value is -0.450. The van der Waals surface area contributed by atoms with E-state index in [0.29, 0.717) is 6.61 Å². The van der Waals surface area contributed by atoms with Gasteiger partial charge in [-0.05, 0) is 31.6 Å². The van der Waals surface area contributed by atoms with Crippen molar-refractivity contribution in [2.24, 2.45) is 5.92 Å². The van der Waals surface area contributed by atoms with E-state index >= 15 is 0 Å². The number of thiazole rings is 1. The molecule has 1 aromatic rings. The molecule has 4 heteroatoms. The molecule has 2 rings (SSSR count). The summed E-state index contributed by atoms with van der Waals surface area (Å²) in [6.45, 7) is 6.13. The molecule has 0 aliphatic heterocycles. The SMILES string of the molecule is COCc1nc(CCC(C)C)sc1CNC1CC1. The Balaban J connectivity index is 1.95. The fourth-order valence-corrected chi connectivity index (χ4v) is 2.91. The number of rotatable bonds is 8. The molecule has 1 aliphatic carbocycles. The van der Waals surface area contributed by atoms with Gasteiger partial charge in [0.1, 0.15) is 0 Å². The minimum Gasteiger partial charge on any atom is -0.378 e. The summed E-state index contributed by atoms with van der Waals surface area (Å²) in [7, 11) is 1.74. The van der Waals surface area contributed by atoms with Crippen LogP contribution in [0.1, 0.15) is 48.7 Å². The Morgan fingerprint density at radius 2 is 2.22 bits per heavy atom. The van der Waals surface area contributed by atoms with E-state index in [1.165, 1.54) is 29.1 Å². The fraction of sp³-hybridized carbons (Fsp3) is 0.786. The zero-order chi connectivity index (χ0) is 13.0. The van der Waals surface area contributed by atoms with Crippen LogP contribution in [0.25, 0.3) is 0 Å². The number of aromatic nitrogens is 1. The van der Waals surface area contributed by atoms with E-state index in [2.05, 4.69) is 19.2 Å². The van der Waals surface area contributed by atoms with Gasteiger partial charge in [0.15, 0.2) is 0 Å². The van der Waals surface area contributed by atoms with E-state index in [9.17, 15) is 0 Å². The van der Waals surface area contributed by atoms with Crippen molar-refractivity contribution in [3.05, 3.63) is 15.6 Å². The number of hydrogen-bond donors (Lipinski definition) is 1. The summed E-state index contributed by atoms with van der Waals surface area (Å²) in [5, 5.41) is 4.83. The second-order valence-electron chi connectivity index (χ2n) is 5.50. The summed E-state index contributed by atoms with van der Waals surface area (Å²) >= 11 is 1.86. The van der Waals surface area contributed by atoms with Crippen LogP contribution in [0.5, 0.6) is 0 Å². The Morgan fingerprint density at radius 1 is 1.44 bits per heavy atom. The molecule has 0 aromatic carbocycles. The second kappa shape index (κ2) is 6.64. The topological polar surface area (TPSA) is 34.1 Å². The minimum absolute atomic E-state index is 0.639. The molecule has 0 amide bonds. The smallest absolute Gasteiger partial charge is 0.0932 e. The largest absolute Gasteiger partial charge is 0.378 e. The van der Waals surface area contributed by atoms with Crippen molar-refractivity contribution in [1.29, 1.82) is 0 Å². The summed E-state index contributed by atoms with van der Waals surface area (Å²) < 4.78 is 5.25. The van der Waals surface area contributed by atoms with Crippen molar-refractivity contribution in [2.45, 2.75) is 58.7 Å². The van der Waals surface area contributed by atoms with Gasteiger partial charge in [-0.25, -0.2) is 4.98 Å². The standard InChI is InChI=1S/C14H24N2OS/c1-10(2)4-7-14-16-12(9-17-3)13(18-14)8-15-11-5-6-11/h10-11,15H,4-9H2,1-3H3. The third kappa shape index (κ3) is 4.34. The number of methoxy groups -OCH3 is 1. The highest BCUT2D eigenvalue weighted by atomic mass is 32.1. The maximum absolute atomic E-state index is 5.25. The van der Waals surface area contributed by atoms with Gasteiger partial charge in [-0.3, -0.25) is 0 Å². The Bertz CT molecular complexity index is 372. The van der Waals surface area contributed by atoms with E-state index in [1.54, 1.807) is 7.11 Å². The van der Waals surface area contributed by atoms with Crippen molar-refractivity contribution in [2.75, 3.05) is 7.11 Å². The molecular formula is C14H24N2OS. The quantitative estimate of drug-likeness (QED) is 0.786. The lowest BCUT2D eigenvalue weighted by molar-refractivity contribution is 0.181. The zero-order valence-corrected chi connectivity index (χ0v) is 12.5. The average Bonchev–Trinajstić information content (AvgIpc) is 3.07. The molecule has 0 spiro atoms. The number of hydrogen-bond acceptors (Lipinski definition) is 4. The molecular weight excluding hydrogens is 244 g/mol. The van der Waals surface area contributed by atoms with Gasteiger partial charge in [-0.15, -0.1) is 11.3 Å². The van der Waals surface area contributed by atoms with E-state index in [4.69, 9.17) is 9.72 Å². The first kappa shape index (κ1) is 14.0. The van der Waals surface area contributed by atoms with Crippen LogP contribution in [-0.4, -0.2) is 18.1 Å². The molecule has 18 heavy (non-hydrogen) atoms. The van der Waals surface area contributed by atoms with Gasteiger partial charge < -0.3 is 10.1 Å². The van der Waals surface area contributed by atoms with Crippen molar-refractivity contribution >= 4 is 11.3 Å². The van der Waals surface area contributed by atoms with Gasteiger partial charge in [-0.1, -0.05) is 13.8 Å². The summed E-state index contributed by atoms with van der Waals surface area (Å²) in [4.78, 5) is 6.09. The molecule has 0 unspecified atom stereocenters. The highest BCUT2D eigenvalue weighted by Crippen LogP contribution is 2.24. The van der Waals surface area contributed by atoms with Gasteiger partial charge in [0.25, 0.3) is 0 Å². The summed E-state index contributed by atoms with van der Waals surface area (Å²) in [6, 6.07) is 0.751. The number of ether oxygens (including phenoxy) is 1. The molecule has 0 atom stereocenters. The van der Waals surface area contributed by atoms with Crippen LogP contribution in [-0.2, 0) is 24.3 Å². The van der Waals surface area contributed by atoms with Gasteiger partial charge in [-0.2, -0.15) is 0 Å². The summed E-state index contributed by atoms with van der Waals surface area (Å²) in [6.07, 6.45) is 4.98. The summed E-state index contributed by atoms with van der Waals surface area (Å²) in [5.74, 6) is 0.743. The van der Waals surface area contributed by atoms with Gasteiger partial charge in [0.2, 0.25) is 0 Å². The third-order valence-corrected chi connectivity index (χ3v) is 4.33. The number of nitrogens with one attached hydrogen (secondary N) is 1. The van der Waals surface area contributed by atoms with E-state index in [1.807, 2.05) is 11.3 Å². The minimum atomic E-state index is 0.639. The van der Waals surface area contributed by atoms with Crippen LogP contribution in [0.3, 0.4) is 0 Å². The molecule has 0 saturated heterocycles. The van der Waals surface area contributed by atoms with Crippen LogP contribution in [0.15, 0.2) is 0 Å². The first-order chi connectivity index (χ1) is 8.69. The molecule has 1 aromatic heterocycles. The van der Waals surface area contributed by atoms with Gasteiger partial charge >= 0.3 is 0 Å². The van der Waals surface area contributed by atoms with Crippen LogP contribution in [0, 0.1) is 5.92 Å². The predicted molar refractivity (Wildman–Crippen MR) is 75.8 cm³/mol. The van der Waals surface area contributed by atoms with Crippen LogP contribution >= 0.6 is 11.3 Å². The number of aryl methyl sites for hydroxylation is 1. The monoisotopic (exact) mass is 268 g/mol. The second-order valence-corrected chi connectivity index (χ2v) is 6.67. The number of nitrogens with zero attached hydrogens (tertiary/aromatic N) is 1. The molecule has 102 valence electrons. The lowest BCUT2D eigenvalue weighted by Gasteiger charge is -2.02. The third-order valence-electron chi connectivity index (χ3n) is 3.17. The normalized spacial score (nSPS) is 15.6. The lowest BCUT2D eigenvalue weighted by Crippen LogP contribution is -2.15. The first-order valence-electron chi connectivity index (χ1n) is 6.88. The van der Waals surface area contributed by atoms with Crippen molar-refractivity contribution in [1.82, 2.24) is 10.3 Å². The van der Waals surface area contributed by atoms with Crippen molar-refractivity contribution < 1.29 is 4.74 Å². The molecule has 1 aliphatic rings. The van der Waals surface area contributed by atoms with Crippen molar-refractivity contribution in [3.8, 4) is 0 Å². The van der Waals surface area contributed by atoms with E-state index in [-0.39, 0.29) is 0 Å². The maximum atomic E-state index is 5.25. The molecule has 1 N–H and O–H groups in total. The molecule has 3 nitrogen and oxygen atoms in total.